The topological polar surface area (TPSA) is 44.7 Å². The van der Waals surface area contributed by atoms with Crippen LogP contribution in [-0.4, -0.2) is 18.1 Å². The molecule has 0 aliphatic heterocycles. The molecule has 1 aromatic carbocycles. The van der Waals surface area contributed by atoms with E-state index < -0.39 is 0 Å². The van der Waals surface area contributed by atoms with Crippen molar-refractivity contribution in [1.29, 1.82) is 0 Å². The summed E-state index contributed by atoms with van der Waals surface area (Å²) in [5.41, 5.74) is 1.73. The largest absolute Gasteiger partial charge is 0.365 e. The van der Waals surface area contributed by atoms with Gasteiger partial charge in [-0.05, 0) is 25.1 Å². The second-order valence-corrected chi connectivity index (χ2v) is 6.62. The predicted molar refractivity (Wildman–Crippen MR) is 102 cm³/mol. The SMILES string of the molecule is CCN(CC[n+]1ccccc1)c1ccc(/N=N/c2nccs2)c(Cl)c1. The van der Waals surface area contributed by atoms with E-state index >= 15 is 0 Å². The number of nitrogens with zero attached hydrogens (tertiary/aromatic N) is 5. The molecule has 0 amide bonds. The fraction of sp³-hybridized carbons (Fsp3) is 0.222. The predicted octanol–water partition coefficient (Wildman–Crippen LogP) is 5.03. The number of azo groups is 1. The molecule has 25 heavy (non-hydrogen) atoms. The van der Waals surface area contributed by atoms with Gasteiger partial charge in [0.05, 0.1) is 11.6 Å². The zero-order valence-corrected chi connectivity index (χ0v) is 15.5. The lowest BCUT2D eigenvalue weighted by Gasteiger charge is -2.22. The number of thiazole rings is 1. The molecule has 5 nitrogen and oxygen atoms in total. The van der Waals surface area contributed by atoms with Crippen molar-refractivity contribution in [2.45, 2.75) is 13.5 Å². The number of likely N-dealkylation sites (N-methyl/N-ethyl adjacent to an activating group) is 1. The van der Waals surface area contributed by atoms with E-state index in [1.165, 1.54) is 11.3 Å². The summed E-state index contributed by atoms with van der Waals surface area (Å²) in [6, 6.07) is 12.0. The summed E-state index contributed by atoms with van der Waals surface area (Å²) in [5.74, 6) is 0. The van der Waals surface area contributed by atoms with Gasteiger partial charge in [-0.25, -0.2) is 9.55 Å². The number of aromatic nitrogens is 2. The minimum absolute atomic E-state index is 0.587. The summed E-state index contributed by atoms with van der Waals surface area (Å²) in [6.45, 7) is 4.86. The molecule has 0 saturated heterocycles. The Kier molecular flexibility index (Phi) is 6.09. The molecule has 0 saturated carbocycles. The minimum Gasteiger partial charge on any atom is -0.365 e. The van der Waals surface area contributed by atoms with E-state index in [2.05, 4.69) is 44.0 Å². The molecule has 7 heteroatoms. The highest BCUT2D eigenvalue weighted by Gasteiger charge is 2.10. The van der Waals surface area contributed by atoms with Gasteiger partial charge >= 0.3 is 0 Å². The molecular weight excluding hydrogens is 354 g/mol. The number of pyridine rings is 1. The van der Waals surface area contributed by atoms with Crippen LogP contribution in [0.3, 0.4) is 0 Å². The summed E-state index contributed by atoms with van der Waals surface area (Å²) in [5, 5.41) is 11.4. The standard InChI is InChI=1S/C18H19ClN5S/c1-2-24(12-11-23-9-4-3-5-10-23)15-6-7-17(16(19)14-15)21-22-18-20-8-13-25-18/h3-10,13-14H,2,11-12H2,1H3/q+1/b22-21+. The number of anilines is 1. The Labute approximate surface area is 156 Å². The summed E-state index contributed by atoms with van der Waals surface area (Å²) in [6.07, 6.45) is 5.85. The summed E-state index contributed by atoms with van der Waals surface area (Å²) in [4.78, 5) is 6.36. The zero-order chi connectivity index (χ0) is 17.5. The molecule has 3 aromatic rings. The fourth-order valence-electron chi connectivity index (χ4n) is 2.42. The van der Waals surface area contributed by atoms with E-state index in [9.17, 15) is 0 Å². The molecule has 0 aliphatic carbocycles. The Morgan fingerprint density at radius 2 is 2.04 bits per heavy atom. The maximum atomic E-state index is 6.39. The second kappa shape index (κ2) is 8.69. The molecule has 2 heterocycles. The maximum Gasteiger partial charge on any atom is 0.229 e. The van der Waals surface area contributed by atoms with Crippen LogP contribution >= 0.6 is 22.9 Å². The van der Waals surface area contributed by atoms with E-state index in [4.69, 9.17) is 11.6 Å². The van der Waals surface area contributed by atoms with E-state index in [1.54, 1.807) is 6.20 Å². The molecule has 0 atom stereocenters. The van der Waals surface area contributed by atoms with Crippen LogP contribution in [0, 0.1) is 0 Å². The number of hydrogen-bond acceptors (Lipinski definition) is 5. The van der Waals surface area contributed by atoms with Gasteiger partial charge in [0.2, 0.25) is 5.13 Å². The van der Waals surface area contributed by atoms with Gasteiger partial charge in [0.1, 0.15) is 5.69 Å². The third kappa shape index (κ3) is 4.84. The molecule has 0 aliphatic rings. The molecule has 2 aromatic heterocycles. The summed E-state index contributed by atoms with van der Waals surface area (Å²) >= 11 is 7.82. The van der Waals surface area contributed by atoms with E-state index in [-0.39, 0.29) is 0 Å². The van der Waals surface area contributed by atoms with E-state index in [0.29, 0.717) is 15.8 Å². The lowest BCUT2D eigenvalue weighted by Crippen LogP contribution is -2.40. The summed E-state index contributed by atoms with van der Waals surface area (Å²) < 4.78 is 2.17. The average Bonchev–Trinajstić information content (AvgIpc) is 3.16. The van der Waals surface area contributed by atoms with Crippen LogP contribution in [-0.2, 0) is 6.54 Å². The highest BCUT2D eigenvalue weighted by Crippen LogP contribution is 2.31. The lowest BCUT2D eigenvalue weighted by atomic mass is 10.2. The molecular formula is C18H19ClN5S+. The third-order valence-corrected chi connectivity index (χ3v) is 4.70. The van der Waals surface area contributed by atoms with Gasteiger partial charge in [-0.15, -0.1) is 21.6 Å². The zero-order valence-electron chi connectivity index (χ0n) is 13.9. The van der Waals surface area contributed by atoms with Crippen molar-refractivity contribution in [2.24, 2.45) is 10.2 Å². The molecule has 0 unspecified atom stereocenters. The Morgan fingerprint density at radius 3 is 2.72 bits per heavy atom. The van der Waals surface area contributed by atoms with Gasteiger partial charge in [-0.1, -0.05) is 17.7 Å². The Bertz CT molecular complexity index is 821. The normalized spacial score (nSPS) is 11.1. The first kappa shape index (κ1) is 17.5. The third-order valence-electron chi connectivity index (χ3n) is 3.75. The fourth-order valence-corrected chi connectivity index (χ4v) is 3.09. The van der Waals surface area contributed by atoms with E-state index in [1.807, 2.05) is 41.8 Å². The van der Waals surface area contributed by atoms with Crippen molar-refractivity contribution in [3.63, 3.8) is 0 Å². The highest BCUT2D eigenvalue weighted by atomic mass is 35.5. The number of rotatable bonds is 7. The van der Waals surface area contributed by atoms with Crippen LogP contribution in [0.1, 0.15) is 6.92 Å². The van der Waals surface area contributed by atoms with Crippen LogP contribution in [0.25, 0.3) is 0 Å². The average molecular weight is 373 g/mol. The number of hydrogen-bond donors (Lipinski definition) is 0. The van der Waals surface area contributed by atoms with Gasteiger partial charge < -0.3 is 4.90 Å². The van der Waals surface area contributed by atoms with Crippen molar-refractivity contribution >= 4 is 39.4 Å². The first-order valence-corrected chi connectivity index (χ1v) is 9.32. The highest BCUT2D eigenvalue weighted by molar-refractivity contribution is 7.13. The second-order valence-electron chi connectivity index (χ2n) is 5.34. The molecule has 0 bridgehead atoms. The van der Waals surface area contributed by atoms with Crippen molar-refractivity contribution in [3.8, 4) is 0 Å². The minimum atomic E-state index is 0.587. The number of benzene rings is 1. The molecule has 0 radical (unpaired) electrons. The Hall–Kier alpha value is -2.31. The maximum absolute atomic E-state index is 6.39. The Balaban J connectivity index is 1.69. The molecule has 3 rings (SSSR count). The van der Waals surface area contributed by atoms with Crippen LogP contribution in [0.2, 0.25) is 5.02 Å². The van der Waals surface area contributed by atoms with Crippen molar-refractivity contribution < 1.29 is 4.57 Å². The Morgan fingerprint density at radius 1 is 1.20 bits per heavy atom. The van der Waals surface area contributed by atoms with Crippen LogP contribution < -0.4 is 9.47 Å². The smallest absolute Gasteiger partial charge is 0.229 e. The number of halogens is 1. The van der Waals surface area contributed by atoms with Crippen molar-refractivity contribution in [2.75, 3.05) is 18.0 Å². The van der Waals surface area contributed by atoms with Gasteiger partial charge in [0, 0.05) is 35.9 Å². The van der Waals surface area contributed by atoms with Gasteiger partial charge in [0.15, 0.2) is 18.9 Å². The molecule has 0 N–H and O–H groups in total. The van der Waals surface area contributed by atoms with Crippen molar-refractivity contribution in [1.82, 2.24) is 4.98 Å². The molecule has 128 valence electrons. The summed E-state index contributed by atoms with van der Waals surface area (Å²) in [7, 11) is 0. The van der Waals surface area contributed by atoms with Crippen LogP contribution in [0.4, 0.5) is 16.5 Å². The quantitative estimate of drug-likeness (QED) is 0.431. The van der Waals surface area contributed by atoms with Gasteiger partial charge in [-0.2, -0.15) is 0 Å². The van der Waals surface area contributed by atoms with Gasteiger partial charge in [0.25, 0.3) is 0 Å². The van der Waals surface area contributed by atoms with Crippen LogP contribution in [0.5, 0.6) is 0 Å². The molecule has 0 spiro atoms. The lowest BCUT2D eigenvalue weighted by molar-refractivity contribution is -0.694. The molecule has 0 fully saturated rings. The van der Waals surface area contributed by atoms with Crippen molar-refractivity contribution in [3.05, 3.63) is 65.4 Å². The van der Waals surface area contributed by atoms with Gasteiger partial charge in [-0.3, -0.25) is 0 Å². The first-order valence-electron chi connectivity index (χ1n) is 8.06. The van der Waals surface area contributed by atoms with E-state index in [0.717, 1.165) is 25.3 Å². The first-order chi connectivity index (χ1) is 12.3. The van der Waals surface area contributed by atoms with Crippen LogP contribution in [0.15, 0.2) is 70.6 Å². The monoisotopic (exact) mass is 372 g/mol.